The van der Waals surface area contributed by atoms with Crippen molar-refractivity contribution >= 4 is 45.6 Å². The lowest BCUT2D eigenvalue weighted by atomic mass is 10.1. The normalized spacial score (nSPS) is 14.0. The molecule has 2 heterocycles. The number of amides is 1. The minimum absolute atomic E-state index is 0.197. The third kappa shape index (κ3) is 7.09. The van der Waals surface area contributed by atoms with E-state index in [-0.39, 0.29) is 5.91 Å². The second kappa shape index (κ2) is 12.7. The molecule has 0 bridgehead atoms. The van der Waals surface area contributed by atoms with E-state index in [4.69, 9.17) is 16.3 Å². The van der Waals surface area contributed by atoms with Gasteiger partial charge in [0.25, 0.3) is 5.91 Å². The van der Waals surface area contributed by atoms with Crippen LogP contribution in [0.3, 0.4) is 0 Å². The molecule has 1 amide bonds. The second-order valence-corrected chi connectivity index (χ2v) is 10.9. The molecule has 0 atom stereocenters. The first kappa shape index (κ1) is 28.5. The van der Waals surface area contributed by atoms with Gasteiger partial charge in [-0.1, -0.05) is 29.8 Å². The Morgan fingerprint density at radius 1 is 0.930 bits per heavy atom. The Balaban J connectivity index is 1.14. The Kier molecular flexibility index (Phi) is 8.46. The maximum Gasteiger partial charge on any atom is 0.255 e. The van der Waals surface area contributed by atoms with Crippen molar-refractivity contribution in [3.05, 3.63) is 113 Å². The average Bonchev–Trinajstić information content (AvgIpc) is 3.00. The van der Waals surface area contributed by atoms with Gasteiger partial charge in [-0.3, -0.25) is 9.69 Å². The highest BCUT2D eigenvalue weighted by Crippen LogP contribution is 2.34. The summed E-state index contributed by atoms with van der Waals surface area (Å²) < 4.78 is 19.3. The van der Waals surface area contributed by atoms with Crippen LogP contribution in [0, 0.1) is 5.82 Å². The summed E-state index contributed by atoms with van der Waals surface area (Å²) in [5.41, 5.74) is 3.77. The SMILES string of the molecule is CN1CCN(Cc2ccc(C(=O)Nc3ccc4ncnc(Nc5ccc(Oc6cccc(F)c6)c(Cl)c5)c4c3)cc2)CC1. The zero-order chi connectivity index (χ0) is 29.8. The fourth-order valence-corrected chi connectivity index (χ4v) is 5.14. The second-order valence-electron chi connectivity index (χ2n) is 10.5. The monoisotopic (exact) mass is 596 g/mol. The lowest BCUT2D eigenvalue weighted by molar-refractivity contribution is 0.102. The van der Waals surface area contributed by atoms with Crippen molar-refractivity contribution in [1.82, 2.24) is 19.8 Å². The van der Waals surface area contributed by atoms with E-state index in [1.165, 1.54) is 24.0 Å². The van der Waals surface area contributed by atoms with Crippen LogP contribution in [0.15, 0.2) is 91.3 Å². The van der Waals surface area contributed by atoms with Crippen LogP contribution >= 0.6 is 11.6 Å². The quantitative estimate of drug-likeness (QED) is 0.200. The van der Waals surface area contributed by atoms with E-state index in [9.17, 15) is 9.18 Å². The first-order valence-corrected chi connectivity index (χ1v) is 14.3. The van der Waals surface area contributed by atoms with Crippen LogP contribution in [-0.2, 0) is 6.54 Å². The van der Waals surface area contributed by atoms with Gasteiger partial charge in [-0.25, -0.2) is 14.4 Å². The Bertz CT molecular complexity index is 1760. The van der Waals surface area contributed by atoms with Gasteiger partial charge in [0.15, 0.2) is 0 Å². The van der Waals surface area contributed by atoms with Gasteiger partial charge in [-0.2, -0.15) is 0 Å². The maximum absolute atomic E-state index is 13.5. The number of nitrogens with zero attached hydrogens (tertiary/aromatic N) is 4. The minimum Gasteiger partial charge on any atom is -0.456 e. The predicted molar refractivity (Wildman–Crippen MR) is 168 cm³/mol. The molecule has 1 aromatic heterocycles. The van der Waals surface area contributed by atoms with Crippen LogP contribution in [0.5, 0.6) is 11.5 Å². The molecule has 10 heteroatoms. The minimum atomic E-state index is -0.396. The van der Waals surface area contributed by atoms with Crippen molar-refractivity contribution < 1.29 is 13.9 Å². The zero-order valence-corrected chi connectivity index (χ0v) is 24.3. The maximum atomic E-state index is 13.5. The summed E-state index contributed by atoms with van der Waals surface area (Å²) in [6.07, 6.45) is 1.47. The molecule has 6 rings (SSSR count). The smallest absolute Gasteiger partial charge is 0.255 e. The summed E-state index contributed by atoms with van der Waals surface area (Å²) in [6, 6.07) is 24.3. The number of fused-ring (bicyclic) bond motifs is 1. The number of carbonyl (C=O) groups excluding carboxylic acids is 1. The van der Waals surface area contributed by atoms with Gasteiger partial charge >= 0.3 is 0 Å². The lowest BCUT2D eigenvalue weighted by Crippen LogP contribution is -2.43. The number of likely N-dealkylation sites (N-methyl/N-ethyl adjacent to an activating group) is 1. The average molecular weight is 597 g/mol. The van der Waals surface area contributed by atoms with E-state index < -0.39 is 5.82 Å². The van der Waals surface area contributed by atoms with E-state index >= 15 is 0 Å². The number of anilines is 3. The fourth-order valence-electron chi connectivity index (χ4n) is 4.92. The lowest BCUT2D eigenvalue weighted by Gasteiger charge is -2.32. The van der Waals surface area contributed by atoms with Crippen molar-refractivity contribution in [2.45, 2.75) is 6.54 Å². The summed E-state index contributed by atoms with van der Waals surface area (Å²) in [6.45, 7) is 5.11. The largest absolute Gasteiger partial charge is 0.456 e. The van der Waals surface area contributed by atoms with Crippen molar-refractivity contribution in [2.75, 3.05) is 43.9 Å². The molecule has 4 aromatic carbocycles. The number of hydrogen-bond donors (Lipinski definition) is 2. The Morgan fingerprint density at radius 2 is 1.72 bits per heavy atom. The van der Waals surface area contributed by atoms with Gasteiger partial charge in [0.05, 0.1) is 10.5 Å². The van der Waals surface area contributed by atoms with Crippen molar-refractivity contribution in [1.29, 1.82) is 0 Å². The number of nitrogens with one attached hydrogen (secondary N) is 2. The molecular weight excluding hydrogens is 567 g/mol. The number of rotatable bonds is 8. The molecule has 0 saturated carbocycles. The molecule has 1 aliphatic heterocycles. The number of aromatic nitrogens is 2. The summed E-state index contributed by atoms with van der Waals surface area (Å²) in [7, 11) is 2.15. The fraction of sp³-hybridized carbons (Fsp3) is 0.182. The molecule has 5 aromatic rings. The molecule has 8 nitrogen and oxygen atoms in total. The van der Waals surface area contributed by atoms with Crippen LogP contribution in [-0.4, -0.2) is 58.9 Å². The molecule has 218 valence electrons. The first-order valence-electron chi connectivity index (χ1n) is 14.0. The number of carbonyl (C=O) groups is 1. The van der Waals surface area contributed by atoms with Crippen molar-refractivity contribution in [3.63, 3.8) is 0 Å². The van der Waals surface area contributed by atoms with Gasteiger partial charge in [0.1, 0.15) is 29.5 Å². The van der Waals surface area contributed by atoms with E-state index in [0.717, 1.165) is 38.1 Å². The number of halogens is 2. The van der Waals surface area contributed by atoms with E-state index in [1.54, 1.807) is 30.3 Å². The Morgan fingerprint density at radius 3 is 2.49 bits per heavy atom. The number of benzene rings is 4. The molecule has 0 radical (unpaired) electrons. The number of hydrogen-bond acceptors (Lipinski definition) is 7. The number of ether oxygens (including phenoxy) is 1. The van der Waals surface area contributed by atoms with Gasteiger partial charge in [0.2, 0.25) is 0 Å². The van der Waals surface area contributed by atoms with E-state index in [2.05, 4.69) is 37.4 Å². The van der Waals surface area contributed by atoms with Gasteiger partial charge < -0.3 is 20.3 Å². The van der Waals surface area contributed by atoms with Gasteiger partial charge in [0, 0.05) is 61.1 Å². The molecule has 1 saturated heterocycles. The Hall–Kier alpha value is -4.57. The van der Waals surface area contributed by atoms with Gasteiger partial charge in [-0.05, 0) is 73.3 Å². The van der Waals surface area contributed by atoms with Crippen LogP contribution in [0.2, 0.25) is 5.02 Å². The summed E-state index contributed by atoms with van der Waals surface area (Å²) in [5, 5.41) is 7.32. The molecule has 1 aliphatic rings. The van der Waals surface area contributed by atoms with Gasteiger partial charge in [-0.15, -0.1) is 0 Å². The first-order chi connectivity index (χ1) is 20.9. The molecule has 0 spiro atoms. The molecule has 43 heavy (non-hydrogen) atoms. The molecule has 0 aliphatic carbocycles. The highest BCUT2D eigenvalue weighted by Gasteiger charge is 2.15. The van der Waals surface area contributed by atoms with Crippen molar-refractivity contribution in [3.8, 4) is 11.5 Å². The summed E-state index contributed by atoms with van der Waals surface area (Å²) >= 11 is 6.46. The zero-order valence-electron chi connectivity index (χ0n) is 23.6. The molecule has 1 fully saturated rings. The predicted octanol–water partition coefficient (Wildman–Crippen LogP) is 6.96. The summed E-state index contributed by atoms with van der Waals surface area (Å²) in [4.78, 5) is 26.6. The topological polar surface area (TPSA) is 82.6 Å². The Labute approximate surface area is 254 Å². The standard InChI is InChI=1S/C33H30ClFN6O2/c1-40-13-15-41(16-14-40)20-22-5-7-23(8-6-22)33(42)39-25-9-11-30-28(18-25)32(37-21-36-30)38-26-10-12-31(29(34)19-26)43-27-4-2-3-24(35)17-27/h2-12,17-19,21H,13-16,20H2,1H3,(H,39,42)(H,36,37,38). The van der Waals surface area contributed by atoms with Crippen molar-refractivity contribution in [2.24, 2.45) is 0 Å². The van der Waals surface area contributed by atoms with Crippen LogP contribution in [0.25, 0.3) is 10.9 Å². The number of piperazine rings is 1. The van der Waals surface area contributed by atoms with E-state index in [1.807, 2.05) is 42.5 Å². The van der Waals surface area contributed by atoms with Crippen LogP contribution in [0.4, 0.5) is 21.6 Å². The third-order valence-electron chi connectivity index (χ3n) is 7.33. The summed E-state index contributed by atoms with van der Waals surface area (Å²) in [5.74, 6) is 0.692. The highest BCUT2D eigenvalue weighted by atomic mass is 35.5. The van der Waals surface area contributed by atoms with Crippen LogP contribution < -0.4 is 15.4 Å². The molecule has 2 N–H and O–H groups in total. The molecular formula is C33H30ClFN6O2. The van der Waals surface area contributed by atoms with E-state index in [0.29, 0.717) is 44.8 Å². The van der Waals surface area contributed by atoms with Crippen LogP contribution in [0.1, 0.15) is 15.9 Å². The molecule has 0 unspecified atom stereocenters. The highest BCUT2D eigenvalue weighted by molar-refractivity contribution is 6.32. The third-order valence-corrected chi connectivity index (χ3v) is 7.63.